The normalized spacial score (nSPS) is 13.8. The molecule has 0 saturated heterocycles. The van der Waals surface area contributed by atoms with Gasteiger partial charge in [-0.3, -0.25) is 0 Å². The van der Waals surface area contributed by atoms with Crippen molar-refractivity contribution in [1.29, 1.82) is 0 Å². The average Bonchev–Trinajstić information content (AvgIpc) is 3.05. The predicted octanol–water partition coefficient (Wildman–Crippen LogP) is 3.80. The molecule has 2 aromatic carbocycles. The van der Waals surface area contributed by atoms with Crippen LogP contribution in [0.5, 0.6) is 0 Å². The van der Waals surface area contributed by atoms with E-state index in [0.717, 1.165) is 22.7 Å². The summed E-state index contributed by atoms with van der Waals surface area (Å²) in [7, 11) is 0. The van der Waals surface area contributed by atoms with Crippen molar-refractivity contribution in [2.45, 2.75) is 12.5 Å². The monoisotopic (exact) mass is 279 g/mol. The third-order valence-electron chi connectivity index (χ3n) is 3.69. The van der Waals surface area contributed by atoms with E-state index in [2.05, 4.69) is 23.2 Å². The van der Waals surface area contributed by atoms with Crippen LogP contribution in [0.4, 0.5) is 0 Å². The van der Waals surface area contributed by atoms with Gasteiger partial charge in [-0.25, -0.2) is 4.98 Å². The number of nitrogens with zero attached hydrogens (tertiary/aromatic N) is 1. The Morgan fingerprint density at radius 3 is 2.60 bits per heavy atom. The van der Waals surface area contributed by atoms with Gasteiger partial charge in [-0.15, -0.1) is 11.3 Å². The van der Waals surface area contributed by atoms with Crippen molar-refractivity contribution in [3.8, 4) is 11.3 Å². The Morgan fingerprint density at radius 2 is 1.75 bits per heavy atom. The molecule has 1 N–H and O–H groups in total. The number of aromatic nitrogens is 1. The second kappa shape index (κ2) is 4.54. The third-order valence-corrected chi connectivity index (χ3v) is 4.79. The van der Waals surface area contributed by atoms with Crippen molar-refractivity contribution in [2.24, 2.45) is 0 Å². The van der Waals surface area contributed by atoms with E-state index in [1.54, 1.807) is 11.3 Å². The van der Waals surface area contributed by atoms with Crippen molar-refractivity contribution < 1.29 is 5.11 Å². The van der Waals surface area contributed by atoms with Gasteiger partial charge in [-0.05, 0) is 11.1 Å². The fourth-order valence-electron chi connectivity index (χ4n) is 2.67. The van der Waals surface area contributed by atoms with E-state index in [0.29, 0.717) is 0 Å². The number of aliphatic hydroxyl groups is 1. The number of rotatable bonds is 2. The topological polar surface area (TPSA) is 33.1 Å². The molecule has 3 heteroatoms. The molecule has 0 fully saturated rings. The number of hydrogen-bond donors (Lipinski definition) is 1. The highest BCUT2D eigenvalue weighted by Gasteiger charge is 2.25. The molecule has 0 amide bonds. The highest BCUT2D eigenvalue weighted by molar-refractivity contribution is 7.12. The SMILES string of the molecule is OC(c1ccccc1)c1nc2c(s1)Cc1ccccc1-2. The zero-order valence-corrected chi connectivity index (χ0v) is 11.6. The van der Waals surface area contributed by atoms with Gasteiger partial charge in [0.25, 0.3) is 0 Å². The summed E-state index contributed by atoms with van der Waals surface area (Å²) in [6.07, 6.45) is 0.309. The van der Waals surface area contributed by atoms with Crippen molar-refractivity contribution >= 4 is 11.3 Å². The lowest BCUT2D eigenvalue weighted by molar-refractivity contribution is 0.220. The molecule has 4 rings (SSSR count). The summed E-state index contributed by atoms with van der Waals surface area (Å²) in [5.74, 6) is 0. The lowest BCUT2D eigenvalue weighted by atomic mass is 10.1. The van der Waals surface area contributed by atoms with Gasteiger partial charge in [0.2, 0.25) is 0 Å². The summed E-state index contributed by atoms with van der Waals surface area (Å²) in [4.78, 5) is 5.94. The average molecular weight is 279 g/mol. The maximum absolute atomic E-state index is 10.4. The molecule has 0 aliphatic heterocycles. The molecule has 20 heavy (non-hydrogen) atoms. The predicted molar refractivity (Wildman–Crippen MR) is 80.9 cm³/mol. The van der Waals surface area contributed by atoms with Crippen molar-refractivity contribution in [3.05, 3.63) is 75.6 Å². The third kappa shape index (κ3) is 1.79. The van der Waals surface area contributed by atoms with Gasteiger partial charge in [0.05, 0.1) is 5.69 Å². The summed E-state index contributed by atoms with van der Waals surface area (Å²) in [5, 5.41) is 11.2. The summed E-state index contributed by atoms with van der Waals surface area (Å²) in [6.45, 7) is 0. The van der Waals surface area contributed by atoms with Crippen LogP contribution in [0.1, 0.15) is 27.1 Å². The van der Waals surface area contributed by atoms with Crippen LogP contribution in [-0.2, 0) is 6.42 Å². The lowest BCUT2D eigenvalue weighted by Crippen LogP contribution is -1.98. The highest BCUT2D eigenvalue weighted by atomic mass is 32.1. The van der Waals surface area contributed by atoms with Crippen LogP contribution in [0.25, 0.3) is 11.3 Å². The van der Waals surface area contributed by atoms with Crippen LogP contribution in [-0.4, -0.2) is 10.1 Å². The molecule has 1 unspecified atom stereocenters. The second-order valence-corrected chi connectivity index (χ2v) is 6.09. The van der Waals surface area contributed by atoms with Crippen LogP contribution in [0.2, 0.25) is 0 Å². The number of hydrogen-bond acceptors (Lipinski definition) is 3. The molecule has 0 bridgehead atoms. The first-order valence-electron chi connectivity index (χ1n) is 6.64. The minimum atomic E-state index is -0.626. The minimum Gasteiger partial charge on any atom is -0.381 e. The lowest BCUT2D eigenvalue weighted by Gasteiger charge is -2.07. The van der Waals surface area contributed by atoms with Crippen molar-refractivity contribution in [3.63, 3.8) is 0 Å². The zero-order valence-electron chi connectivity index (χ0n) is 10.8. The van der Waals surface area contributed by atoms with E-state index in [1.165, 1.54) is 16.0 Å². The summed E-state index contributed by atoms with van der Waals surface area (Å²) in [6, 6.07) is 18.1. The fourth-order valence-corrected chi connectivity index (χ4v) is 3.79. The number of thiazole rings is 1. The second-order valence-electron chi connectivity index (χ2n) is 4.97. The Morgan fingerprint density at radius 1 is 1.00 bits per heavy atom. The molecule has 3 aromatic rings. The standard InChI is InChI=1S/C17H13NOS/c19-16(11-6-2-1-3-7-11)17-18-15-13-9-5-4-8-12(13)10-14(15)20-17/h1-9,16,19H,10H2. The Kier molecular flexibility index (Phi) is 2.69. The molecular weight excluding hydrogens is 266 g/mol. The molecule has 0 saturated carbocycles. The van der Waals surface area contributed by atoms with Gasteiger partial charge < -0.3 is 5.11 Å². The molecule has 1 aromatic heterocycles. The Hall–Kier alpha value is -1.97. The Labute approximate surface area is 121 Å². The number of aliphatic hydroxyl groups excluding tert-OH is 1. The van der Waals surface area contributed by atoms with Crippen LogP contribution in [0, 0.1) is 0 Å². The molecular formula is C17H13NOS. The largest absolute Gasteiger partial charge is 0.381 e. The summed E-state index contributed by atoms with van der Waals surface area (Å²) >= 11 is 1.62. The summed E-state index contributed by atoms with van der Waals surface area (Å²) in [5.41, 5.74) is 4.50. The Bertz CT molecular complexity index is 764. The number of fused-ring (bicyclic) bond motifs is 3. The van der Waals surface area contributed by atoms with E-state index >= 15 is 0 Å². The maximum atomic E-state index is 10.4. The van der Waals surface area contributed by atoms with Crippen LogP contribution in [0.3, 0.4) is 0 Å². The maximum Gasteiger partial charge on any atom is 0.131 e. The van der Waals surface area contributed by atoms with Crippen LogP contribution in [0.15, 0.2) is 54.6 Å². The molecule has 0 radical (unpaired) electrons. The van der Waals surface area contributed by atoms with Crippen molar-refractivity contribution in [1.82, 2.24) is 4.98 Å². The quantitative estimate of drug-likeness (QED) is 0.605. The first-order chi connectivity index (χ1) is 9.83. The molecule has 1 aliphatic rings. The Balaban J connectivity index is 1.75. The van der Waals surface area contributed by atoms with E-state index in [1.807, 2.05) is 36.4 Å². The number of benzene rings is 2. The van der Waals surface area contributed by atoms with E-state index < -0.39 is 6.10 Å². The van der Waals surface area contributed by atoms with Gasteiger partial charge in [0.1, 0.15) is 11.1 Å². The first-order valence-corrected chi connectivity index (χ1v) is 7.45. The van der Waals surface area contributed by atoms with E-state index in [9.17, 15) is 5.11 Å². The van der Waals surface area contributed by atoms with E-state index in [-0.39, 0.29) is 0 Å². The zero-order chi connectivity index (χ0) is 13.5. The molecule has 2 nitrogen and oxygen atoms in total. The molecule has 1 atom stereocenters. The van der Waals surface area contributed by atoms with Gasteiger partial charge >= 0.3 is 0 Å². The highest BCUT2D eigenvalue weighted by Crippen LogP contribution is 2.41. The van der Waals surface area contributed by atoms with Crippen molar-refractivity contribution in [2.75, 3.05) is 0 Å². The van der Waals surface area contributed by atoms with Gasteiger partial charge in [-0.2, -0.15) is 0 Å². The molecule has 1 heterocycles. The van der Waals surface area contributed by atoms with Gasteiger partial charge in [0.15, 0.2) is 0 Å². The van der Waals surface area contributed by atoms with Crippen LogP contribution >= 0.6 is 11.3 Å². The first kappa shape index (κ1) is 11.8. The fraction of sp³-hybridized carbons (Fsp3) is 0.118. The van der Waals surface area contributed by atoms with Gasteiger partial charge in [-0.1, -0.05) is 54.6 Å². The van der Waals surface area contributed by atoms with E-state index in [4.69, 9.17) is 0 Å². The molecule has 98 valence electrons. The molecule has 0 spiro atoms. The minimum absolute atomic E-state index is 0.626. The van der Waals surface area contributed by atoms with Crippen LogP contribution < -0.4 is 0 Å². The molecule has 1 aliphatic carbocycles. The summed E-state index contributed by atoms with van der Waals surface area (Å²) < 4.78 is 0. The smallest absolute Gasteiger partial charge is 0.131 e. The van der Waals surface area contributed by atoms with Gasteiger partial charge in [0, 0.05) is 16.9 Å².